The molecule has 2 N–H and O–H groups in total. The maximum Gasteiger partial charge on any atom is 0.280 e. The van der Waals surface area contributed by atoms with E-state index in [-0.39, 0.29) is 23.6 Å². The molecular formula is C17H20F2N8O2. The summed E-state index contributed by atoms with van der Waals surface area (Å²) in [6, 6.07) is 1.22. The van der Waals surface area contributed by atoms with Crippen molar-refractivity contribution in [3.8, 4) is 0 Å². The van der Waals surface area contributed by atoms with E-state index in [1.807, 2.05) is 0 Å². The van der Waals surface area contributed by atoms with Gasteiger partial charge in [0, 0.05) is 32.4 Å². The molecule has 0 fully saturated rings. The first-order valence-electron chi connectivity index (χ1n) is 8.64. The number of aromatic nitrogens is 6. The van der Waals surface area contributed by atoms with Crippen LogP contribution >= 0.6 is 0 Å². The van der Waals surface area contributed by atoms with E-state index in [1.54, 1.807) is 38.1 Å². The number of nitrogens with zero attached hydrogens (tertiary/aromatic N) is 6. The summed E-state index contributed by atoms with van der Waals surface area (Å²) in [5.74, 6) is -1.06. The van der Waals surface area contributed by atoms with Crippen LogP contribution in [0.3, 0.4) is 0 Å². The predicted molar refractivity (Wildman–Crippen MR) is 98.1 cm³/mol. The Hall–Kier alpha value is -3.57. The minimum atomic E-state index is -2.75. The van der Waals surface area contributed by atoms with Gasteiger partial charge in [-0.1, -0.05) is 0 Å². The van der Waals surface area contributed by atoms with Gasteiger partial charge in [-0.15, -0.1) is 0 Å². The van der Waals surface area contributed by atoms with Crippen molar-refractivity contribution in [1.29, 1.82) is 0 Å². The van der Waals surface area contributed by atoms with E-state index in [9.17, 15) is 18.4 Å². The van der Waals surface area contributed by atoms with E-state index >= 15 is 0 Å². The summed E-state index contributed by atoms with van der Waals surface area (Å²) in [7, 11) is 3.32. The van der Waals surface area contributed by atoms with Crippen LogP contribution in [0.1, 0.15) is 33.9 Å². The minimum Gasteiger partial charge on any atom is -0.346 e. The molecule has 0 unspecified atom stereocenters. The lowest BCUT2D eigenvalue weighted by atomic mass is 10.3. The van der Waals surface area contributed by atoms with Crippen LogP contribution in [-0.2, 0) is 32.0 Å². The third kappa shape index (κ3) is 4.65. The van der Waals surface area contributed by atoms with Crippen LogP contribution < -0.4 is 10.6 Å². The van der Waals surface area contributed by atoms with E-state index in [4.69, 9.17) is 0 Å². The van der Waals surface area contributed by atoms with Crippen molar-refractivity contribution in [3.63, 3.8) is 0 Å². The molecule has 3 rings (SSSR count). The molecule has 2 amide bonds. The monoisotopic (exact) mass is 406 g/mol. The summed E-state index contributed by atoms with van der Waals surface area (Å²) >= 11 is 0. The molecule has 0 saturated heterocycles. The Morgan fingerprint density at radius 3 is 2.62 bits per heavy atom. The molecule has 0 aliphatic rings. The maximum atomic E-state index is 13.1. The lowest BCUT2D eigenvalue weighted by Gasteiger charge is -2.10. The molecule has 0 aliphatic heterocycles. The first-order valence-corrected chi connectivity index (χ1v) is 8.64. The standard InChI is InChI=1S/C17H20F2N8O2/c1-10-4-13(16(18)19)27(24-10)9-14(28)23-12-7-22-26(3)15(12)17(29)20-5-11-6-21-25(2)8-11/h4,6-8,16H,5,9H2,1-3H3,(H,20,29)(H,23,28). The Morgan fingerprint density at radius 2 is 1.97 bits per heavy atom. The molecule has 3 aromatic heterocycles. The van der Waals surface area contributed by atoms with Gasteiger partial charge in [-0.25, -0.2) is 8.78 Å². The summed E-state index contributed by atoms with van der Waals surface area (Å²) < 4.78 is 30.0. The number of anilines is 1. The first kappa shape index (κ1) is 20.2. The van der Waals surface area contributed by atoms with Gasteiger partial charge in [0.25, 0.3) is 12.3 Å². The van der Waals surface area contributed by atoms with Gasteiger partial charge in [0.15, 0.2) is 0 Å². The fourth-order valence-electron chi connectivity index (χ4n) is 2.82. The van der Waals surface area contributed by atoms with Crippen molar-refractivity contribution >= 4 is 17.5 Å². The lowest BCUT2D eigenvalue weighted by molar-refractivity contribution is -0.117. The molecule has 3 heterocycles. The molecule has 3 aromatic rings. The van der Waals surface area contributed by atoms with Gasteiger partial charge in [0.2, 0.25) is 5.91 Å². The summed E-state index contributed by atoms with van der Waals surface area (Å²) in [6.07, 6.45) is 1.95. The van der Waals surface area contributed by atoms with E-state index in [1.165, 1.54) is 16.9 Å². The molecule has 0 radical (unpaired) electrons. The zero-order valence-electron chi connectivity index (χ0n) is 16.1. The third-order valence-electron chi connectivity index (χ3n) is 4.09. The van der Waals surface area contributed by atoms with Crippen LogP contribution in [0.5, 0.6) is 0 Å². The number of carbonyl (C=O) groups is 2. The number of hydrogen-bond donors (Lipinski definition) is 2. The molecule has 0 bridgehead atoms. The number of rotatable bonds is 7. The number of halogens is 2. The van der Waals surface area contributed by atoms with E-state index in [2.05, 4.69) is 25.9 Å². The highest BCUT2D eigenvalue weighted by Gasteiger charge is 2.21. The Bertz CT molecular complexity index is 1040. The highest BCUT2D eigenvalue weighted by molar-refractivity contribution is 6.02. The second kappa shape index (κ2) is 8.20. The molecule has 0 saturated carbocycles. The second-order valence-corrected chi connectivity index (χ2v) is 6.45. The molecule has 10 nitrogen and oxygen atoms in total. The minimum absolute atomic E-state index is 0.132. The number of hydrogen-bond acceptors (Lipinski definition) is 5. The van der Waals surface area contributed by atoms with E-state index in [0.29, 0.717) is 5.69 Å². The third-order valence-corrected chi connectivity index (χ3v) is 4.09. The topological polar surface area (TPSA) is 112 Å². The van der Waals surface area contributed by atoms with Crippen LogP contribution in [-0.4, -0.2) is 41.2 Å². The Kier molecular flexibility index (Phi) is 5.71. The molecule has 0 spiro atoms. The van der Waals surface area contributed by atoms with Gasteiger partial charge in [-0.3, -0.25) is 23.6 Å². The zero-order chi connectivity index (χ0) is 21.1. The summed E-state index contributed by atoms with van der Waals surface area (Å²) in [4.78, 5) is 24.9. The fourth-order valence-corrected chi connectivity index (χ4v) is 2.82. The molecule has 29 heavy (non-hydrogen) atoms. The Morgan fingerprint density at radius 1 is 1.21 bits per heavy atom. The maximum absolute atomic E-state index is 13.1. The quantitative estimate of drug-likeness (QED) is 0.612. The number of alkyl halides is 2. The number of aryl methyl sites for hydroxylation is 3. The summed E-state index contributed by atoms with van der Waals surface area (Å²) in [6.45, 7) is 1.39. The van der Waals surface area contributed by atoms with Crippen molar-refractivity contribution in [2.45, 2.75) is 26.4 Å². The van der Waals surface area contributed by atoms with Crippen LogP contribution in [0.2, 0.25) is 0 Å². The van der Waals surface area contributed by atoms with Crippen molar-refractivity contribution in [2.24, 2.45) is 14.1 Å². The van der Waals surface area contributed by atoms with E-state index < -0.39 is 24.8 Å². The molecule has 0 aliphatic carbocycles. The van der Waals surface area contributed by atoms with Gasteiger partial charge in [0.05, 0.1) is 23.8 Å². The number of carbonyl (C=O) groups excluding carboxylic acids is 2. The average Bonchev–Trinajstić information content (AvgIpc) is 3.32. The van der Waals surface area contributed by atoms with Gasteiger partial charge in [-0.2, -0.15) is 15.3 Å². The largest absolute Gasteiger partial charge is 0.346 e. The van der Waals surface area contributed by atoms with Crippen LogP contribution in [0.15, 0.2) is 24.7 Å². The molecule has 154 valence electrons. The molecular weight excluding hydrogens is 386 g/mol. The second-order valence-electron chi connectivity index (χ2n) is 6.45. The first-order chi connectivity index (χ1) is 13.7. The zero-order valence-corrected chi connectivity index (χ0v) is 16.1. The average molecular weight is 406 g/mol. The van der Waals surface area contributed by atoms with Gasteiger partial charge >= 0.3 is 0 Å². The summed E-state index contributed by atoms with van der Waals surface area (Å²) in [5.41, 5.74) is 1.14. The highest BCUT2D eigenvalue weighted by atomic mass is 19.3. The van der Waals surface area contributed by atoms with Crippen molar-refractivity contribution in [2.75, 3.05) is 5.32 Å². The van der Waals surface area contributed by atoms with E-state index in [0.717, 1.165) is 10.2 Å². The van der Waals surface area contributed by atoms with Crippen molar-refractivity contribution < 1.29 is 18.4 Å². The van der Waals surface area contributed by atoms with Gasteiger partial charge < -0.3 is 10.6 Å². The highest BCUT2D eigenvalue weighted by Crippen LogP contribution is 2.20. The SMILES string of the molecule is Cc1cc(C(F)F)n(CC(=O)Nc2cnn(C)c2C(=O)NCc2cnn(C)c2)n1. The molecule has 0 aromatic carbocycles. The van der Waals surface area contributed by atoms with Gasteiger partial charge in [0.1, 0.15) is 17.9 Å². The van der Waals surface area contributed by atoms with Crippen LogP contribution in [0.25, 0.3) is 0 Å². The molecule has 0 atom stereocenters. The number of nitrogens with one attached hydrogen (secondary N) is 2. The Balaban J connectivity index is 1.69. The summed E-state index contributed by atoms with van der Waals surface area (Å²) in [5, 5.41) is 17.2. The normalized spacial score (nSPS) is 11.1. The Labute approximate surface area is 164 Å². The smallest absolute Gasteiger partial charge is 0.280 e. The lowest BCUT2D eigenvalue weighted by Crippen LogP contribution is -2.27. The van der Waals surface area contributed by atoms with Crippen molar-refractivity contribution in [1.82, 2.24) is 34.7 Å². The molecule has 12 heteroatoms. The fraction of sp³-hybridized carbons (Fsp3) is 0.353. The van der Waals surface area contributed by atoms with Crippen molar-refractivity contribution in [3.05, 3.63) is 47.3 Å². The predicted octanol–water partition coefficient (Wildman–Crippen LogP) is 1.16. The number of amides is 2. The van der Waals surface area contributed by atoms with Crippen LogP contribution in [0.4, 0.5) is 14.5 Å². The van der Waals surface area contributed by atoms with Crippen LogP contribution in [0, 0.1) is 6.92 Å². The van der Waals surface area contributed by atoms with Gasteiger partial charge in [-0.05, 0) is 13.0 Å².